The molecule has 4 N–H and O–H groups in total. The Morgan fingerprint density at radius 1 is 0.830 bits per heavy atom. The van der Waals surface area contributed by atoms with Gasteiger partial charge in [-0.3, -0.25) is 15.3 Å². The third kappa shape index (κ3) is 16.2. The predicted molar refractivity (Wildman–Crippen MR) is 203 cm³/mol. The Labute approximate surface area is 314 Å². The number of hydroxylamine groups is 2. The minimum absolute atomic E-state index is 0.00601. The first-order valence-electron chi connectivity index (χ1n) is 16.7. The van der Waals surface area contributed by atoms with E-state index in [1.54, 1.807) is 74.0 Å². The van der Waals surface area contributed by atoms with Crippen molar-refractivity contribution >= 4 is 23.1 Å². The molecule has 4 rings (SSSR count). The molecule has 0 saturated heterocycles. The van der Waals surface area contributed by atoms with Crippen molar-refractivity contribution in [3.63, 3.8) is 0 Å². The number of hydrogen-bond acceptors (Lipinski definition) is 11. The van der Waals surface area contributed by atoms with Crippen molar-refractivity contribution in [1.82, 2.24) is 5.23 Å². The van der Waals surface area contributed by atoms with Gasteiger partial charge in [0.05, 0.1) is 38.6 Å². The summed E-state index contributed by atoms with van der Waals surface area (Å²) < 4.78 is 60.2. The van der Waals surface area contributed by atoms with Gasteiger partial charge in [0.1, 0.15) is 34.1 Å². The highest BCUT2D eigenvalue weighted by atomic mass is 32.2. The smallest absolute Gasteiger partial charge is 0.162 e. The third-order valence-corrected chi connectivity index (χ3v) is 7.49. The lowest BCUT2D eigenvalue weighted by Gasteiger charge is -2.36. The molecule has 0 unspecified atom stereocenters. The van der Waals surface area contributed by atoms with Gasteiger partial charge in [-0.2, -0.15) is 0 Å². The van der Waals surface area contributed by atoms with Crippen molar-refractivity contribution in [2.24, 2.45) is 0 Å². The average molecular weight is 764 g/mol. The molecule has 3 aromatic carbocycles. The summed E-state index contributed by atoms with van der Waals surface area (Å²) in [7, 11) is 4.97. The van der Waals surface area contributed by atoms with Crippen LogP contribution < -0.4 is 24.0 Å². The van der Waals surface area contributed by atoms with Crippen LogP contribution in [0.1, 0.15) is 60.5 Å². The van der Waals surface area contributed by atoms with Crippen LogP contribution in [0.2, 0.25) is 0 Å². The molecule has 0 bridgehead atoms. The Bertz CT molecular complexity index is 1690. The van der Waals surface area contributed by atoms with Crippen molar-refractivity contribution in [2.45, 2.75) is 71.8 Å². The van der Waals surface area contributed by atoms with E-state index in [1.165, 1.54) is 23.9 Å². The second kappa shape index (κ2) is 20.4. The fourth-order valence-electron chi connectivity index (χ4n) is 4.31. The molecule has 53 heavy (non-hydrogen) atoms. The van der Waals surface area contributed by atoms with Gasteiger partial charge in [0.2, 0.25) is 0 Å². The maximum Gasteiger partial charge on any atom is 0.162 e. The van der Waals surface area contributed by atoms with E-state index in [9.17, 15) is 4.39 Å². The van der Waals surface area contributed by atoms with Crippen molar-refractivity contribution in [3.8, 4) is 17.2 Å². The third-order valence-electron chi connectivity index (χ3n) is 6.50. The summed E-state index contributed by atoms with van der Waals surface area (Å²) in [5, 5.41) is 35.2. The van der Waals surface area contributed by atoms with Gasteiger partial charge in [0.25, 0.3) is 0 Å². The molecule has 0 aliphatic carbocycles. The number of rotatable bonds is 13. The van der Waals surface area contributed by atoms with Gasteiger partial charge in [0.15, 0.2) is 11.5 Å². The van der Waals surface area contributed by atoms with Crippen molar-refractivity contribution in [2.75, 3.05) is 44.2 Å². The molecular weight excluding hydrogens is 712 g/mol. The van der Waals surface area contributed by atoms with E-state index in [-0.39, 0.29) is 41.9 Å². The standard InChI is InChI=1S/C31H32F3N3O5S.2C4H10O/c1-20-14-30(35(2)23-10-11-28(40-3)29(16-23)41-4)37(22-8-6-21(32)7-9-22)31(15-20)43-19-25-26(33)17-24(18-27(25)34)42-13-5-12-36(38)39;2*1-4(2,3)5/h6-11,14,16-18,38-39H,5,12-13,19H2,1-4H3;2*5H,1-3H3. The number of allylic oxidation sites excluding steroid dienone is 2. The van der Waals surface area contributed by atoms with Crippen LogP contribution in [0.25, 0.3) is 0 Å². The number of methoxy groups -OCH3 is 2. The lowest BCUT2D eigenvalue weighted by Crippen LogP contribution is -2.33. The van der Waals surface area contributed by atoms with Crippen molar-refractivity contribution < 1.29 is 48.0 Å². The van der Waals surface area contributed by atoms with Crippen LogP contribution in [0.5, 0.6) is 17.2 Å². The van der Waals surface area contributed by atoms with E-state index in [4.69, 9.17) is 34.8 Å². The topological polar surface area (TPSA) is 118 Å². The molecular formula is C39H52F3N3O7S. The van der Waals surface area contributed by atoms with Gasteiger partial charge >= 0.3 is 0 Å². The van der Waals surface area contributed by atoms with E-state index in [0.717, 1.165) is 23.4 Å². The summed E-state index contributed by atoms with van der Waals surface area (Å²) in [5.41, 5.74) is 4.31. The van der Waals surface area contributed by atoms with Gasteiger partial charge in [-0.15, -0.1) is 0 Å². The molecule has 0 atom stereocenters. The van der Waals surface area contributed by atoms with Crippen molar-refractivity contribution in [3.05, 3.63) is 106 Å². The lowest BCUT2D eigenvalue weighted by atomic mass is 10.2. The molecule has 3 aromatic rings. The van der Waals surface area contributed by atoms with Crippen LogP contribution >= 0.6 is 11.8 Å². The number of benzene rings is 3. The van der Waals surface area contributed by atoms with Gasteiger partial charge in [-0.25, -0.2) is 13.2 Å². The van der Waals surface area contributed by atoms with Gasteiger partial charge in [-0.05, 0) is 103 Å². The number of aliphatic hydroxyl groups is 2. The first-order chi connectivity index (χ1) is 24.6. The second-order valence-corrected chi connectivity index (χ2v) is 14.8. The zero-order valence-corrected chi connectivity index (χ0v) is 32.8. The average Bonchev–Trinajstić information content (AvgIpc) is 3.04. The molecule has 1 aliphatic rings. The summed E-state index contributed by atoms with van der Waals surface area (Å²) in [6.45, 7) is 12.3. The lowest BCUT2D eigenvalue weighted by molar-refractivity contribution is -0.307. The van der Waals surface area contributed by atoms with Crippen LogP contribution in [0.4, 0.5) is 24.5 Å². The Hall–Kier alpha value is -4.14. The first-order valence-corrected chi connectivity index (χ1v) is 17.6. The highest BCUT2D eigenvalue weighted by molar-refractivity contribution is 8.02. The monoisotopic (exact) mass is 763 g/mol. The van der Waals surface area contributed by atoms with E-state index < -0.39 is 28.7 Å². The highest BCUT2D eigenvalue weighted by Crippen LogP contribution is 2.40. The maximum atomic E-state index is 15.0. The molecule has 0 fully saturated rings. The van der Waals surface area contributed by atoms with Gasteiger partial charge in [0, 0.05) is 47.9 Å². The van der Waals surface area contributed by atoms with Crippen LogP contribution in [0, 0.1) is 17.5 Å². The van der Waals surface area contributed by atoms with Crippen LogP contribution in [-0.2, 0) is 5.75 Å². The highest BCUT2D eigenvalue weighted by Gasteiger charge is 2.26. The van der Waals surface area contributed by atoms with E-state index in [1.807, 2.05) is 42.0 Å². The SMILES string of the molecule is CC(C)(C)O.CC(C)(C)O.COc1ccc(N(C)C2=CC(C)=C=C(SCc3c(F)cc(OCCCN(O)O)cc3F)N2c2ccc(F)cc2)cc1OC. The molecule has 14 heteroatoms. The van der Waals surface area contributed by atoms with Crippen LogP contribution in [0.3, 0.4) is 0 Å². The summed E-state index contributed by atoms with van der Waals surface area (Å²) >= 11 is 1.17. The number of halogens is 3. The quantitative estimate of drug-likeness (QED) is 0.0762. The molecule has 0 spiro atoms. The number of hydrogen-bond donors (Lipinski definition) is 4. The Morgan fingerprint density at radius 2 is 1.38 bits per heavy atom. The predicted octanol–water partition coefficient (Wildman–Crippen LogP) is 8.64. The molecule has 0 radical (unpaired) electrons. The number of ether oxygens (including phenoxy) is 3. The number of thioether (sulfide) groups is 1. The van der Waals surface area contributed by atoms with Gasteiger partial charge in [-0.1, -0.05) is 22.7 Å². The van der Waals surface area contributed by atoms with E-state index in [2.05, 4.69) is 5.73 Å². The molecule has 1 heterocycles. The summed E-state index contributed by atoms with van der Waals surface area (Å²) in [4.78, 5) is 3.75. The van der Waals surface area contributed by atoms with Gasteiger partial charge < -0.3 is 29.3 Å². The fourth-order valence-corrected chi connectivity index (χ4v) is 5.43. The van der Waals surface area contributed by atoms with E-state index in [0.29, 0.717) is 28.0 Å². The van der Waals surface area contributed by atoms with Crippen molar-refractivity contribution in [1.29, 1.82) is 0 Å². The number of nitrogens with zero attached hydrogens (tertiary/aromatic N) is 3. The minimum atomic E-state index is -0.780. The molecule has 1 aliphatic heterocycles. The maximum absolute atomic E-state index is 15.0. The second-order valence-electron chi connectivity index (χ2n) is 13.8. The fraction of sp³-hybridized carbons (Fsp3) is 0.410. The number of anilines is 2. The molecule has 10 nitrogen and oxygen atoms in total. The zero-order valence-electron chi connectivity index (χ0n) is 32.0. The normalized spacial score (nSPS) is 12.8. The molecule has 0 saturated carbocycles. The van der Waals surface area contributed by atoms with Crippen LogP contribution in [-0.4, -0.2) is 71.5 Å². The summed E-state index contributed by atoms with van der Waals surface area (Å²) in [6, 6.07) is 13.6. The Balaban J connectivity index is 0.000000858. The largest absolute Gasteiger partial charge is 0.493 e. The Kier molecular flexibility index (Phi) is 17.3. The Morgan fingerprint density at radius 3 is 1.89 bits per heavy atom. The van der Waals surface area contributed by atoms with E-state index >= 15 is 8.78 Å². The zero-order chi connectivity index (χ0) is 40.1. The first kappa shape index (κ1) is 45.0. The molecule has 292 valence electrons. The summed E-state index contributed by atoms with van der Waals surface area (Å²) in [5.74, 6) is -0.239. The van der Waals surface area contributed by atoms with Crippen LogP contribution in [0.15, 0.2) is 82.8 Å². The summed E-state index contributed by atoms with van der Waals surface area (Å²) in [6.07, 6.45) is 2.14. The minimum Gasteiger partial charge on any atom is -0.493 e. The molecule has 0 amide bonds. The molecule has 0 aromatic heterocycles.